The molecule has 0 aromatic heterocycles. The third kappa shape index (κ3) is 8.97. The largest absolute Gasteiger partial charge is 0.478 e. The normalized spacial score (nSPS) is 11.8. The molecule has 224 valence electrons. The van der Waals surface area contributed by atoms with Crippen molar-refractivity contribution >= 4 is 76.1 Å². The lowest BCUT2D eigenvalue weighted by Crippen LogP contribution is -2.30. The second kappa shape index (κ2) is 15.2. The Bertz CT molecular complexity index is 1730. The van der Waals surface area contributed by atoms with E-state index in [-0.39, 0.29) is 22.2 Å². The molecular formula is C33H27Cl2N3O5S. The first-order valence-electron chi connectivity index (χ1n) is 13.4. The van der Waals surface area contributed by atoms with Crippen LogP contribution in [0.25, 0.3) is 6.08 Å². The lowest BCUT2D eigenvalue weighted by Gasteiger charge is -2.16. The second-order valence-electron chi connectivity index (χ2n) is 9.42. The zero-order valence-corrected chi connectivity index (χ0v) is 25.7. The van der Waals surface area contributed by atoms with Crippen LogP contribution in [0, 0.1) is 0 Å². The molecule has 0 spiro atoms. The predicted octanol–water partition coefficient (Wildman–Crippen LogP) is 7.61. The Labute approximate surface area is 268 Å². The Kier molecular flexibility index (Phi) is 11.2. The van der Waals surface area contributed by atoms with Crippen molar-refractivity contribution in [2.75, 3.05) is 10.6 Å². The van der Waals surface area contributed by atoms with E-state index in [0.717, 1.165) is 0 Å². The highest BCUT2D eigenvalue weighted by Crippen LogP contribution is 2.29. The van der Waals surface area contributed by atoms with E-state index in [2.05, 4.69) is 16.0 Å². The van der Waals surface area contributed by atoms with Crippen molar-refractivity contribution < 1.29 is 24.3 Å². The number of rotatable bonds is 11. The van der Waals surface area contributed by atoms with Gasteiger partial charge in [0.05, 0.1) is 15.8 Å². The number of anilines is 2. The highest BCUT2D eigenvalue weighted by molar-refractivity contribution is 8.00. The summed E-state index contributed by atoms with van der Waals surface area (Å²) in [5, 5.41) is 17.6. The molecule has 3 amide bonds. The second-order valence-corrected chi connectivity index (χ2v) is 11.5. The monoisotopic (exact) mass is 647 g/mol. The quantitative estimate of drug-likeness (QED) is 0.0981. The van der Waals surface area contributed by atoms with E-state index >= 15 is 0 Å². The molecule has 0 radical (unpaired) electrons. The molecule has 0 saturated heterocycles. The number of hydrogen-bond donors (Lipinski definition) is 4. The smallest absolute Gasteiger partial charge is 0.337 e. The summed E-state index contributed by atoms with van der Waals surface area (Å²) in [7, 11) is 0. The van der Waals surface area contributed by atoms with Crippen molar-refractivity contribution in [1.82, 2.24) is 5.32 Å². The average Bonchev–Trinajstić information content (AvgIpc) is 3.01. The highest BCUT2D eigenvalue weighted by atomic mass is 35.5. The van der Waals surface area contributed by atoms with Crippen LogP contribution in [-0.2, 0) is 9.59 Å². The van der Waals surface area contributed by atoms with Gasteiger partial charge in [0.2, 0.25) is 5.91 Å². The number of nitrogens with one attached hydrogen (secondary N) is 3. The Morgan fingerprint density at radius 1 is 0.841 bits per heavy atom. The van der Waals surface area contributed by atoms with Crippen molar-refractivity contribution in [3.8, 4) is 0 Å². The summed E-state index contributed by atoms with van der Waals surface area (Å²) < 4.78 is 0. The number of carboxylic acid groups (broad SMARTS) is 1. The minimum Gasteiger partial charge on any atom is -0.478 e. The number of carbonyl (C=O) groups is 4. The molecule has 0 saturated carbocycles. The van der Waals surface area contributed by atoms with Crippen LogP contribution >= 0.6 is 35.0 Å². The molecule has 4 N–H and O–H groups in total. The van der Waals surface area contributed by atoms with E-state index in [1.807, 2.05) is 6.92 Å². The van der Waals surface area contributed by atoms with Crippen molar-refractivity contribution in [1.29, 1.82) is 0 Å². The molecule has 0 aliphatic carbocycles. The Morgan fingerprint density at radius 2 is 1.57 bits per heavy atom. The van der Waals surface area contributed by atoms with Gasteiger partial charge in [-0.1, -0.05) is 66.5 Å². The summed E-state index contributed by atoms with van der Waals surface area (Å²) >= 11 is 13.4. The number of thioether (sulfide) groups is 1. The van der Waals surface area contributed by atoms with E-state index in [0.29, 0.717) is 38.8 Å². The number of halogens is 2. The van der Waals surface area contributed by atoms with Gasteiger partial charge in [-0.2, -0.15) is 0 Å². The summed E-state index contributed by atoms with van der Waals surface area (Å²) in [6.45, 7) is 1.86. The van der Waals surface area contributed by atoms with E-state index in [1.54, 1.807) is 78.9 Å². The van der Waals surface area contributed by atoms with Crippen LogP contribution in [0.2, 0.25) is 10.0 Å². The van der Waals surface area contributed by atoms with Crippen LogP contribution in [0.15, 0.2) is 108 Å². The van der Waals surface area contributed by atoms with Crippen LogP contribution < -0.4 is 16.0 Å². The van der Waals surface area contributed by atoms with E-state index in [4.69, 9.17) is 23.2 Å². The van der Waals surface area contributed by atoms with Gasteiger partial charge < -0.3 is 21.1 Å². The third-order valence-corrected chi connectivity index (χ3v) is 8.11. The maximum atomic E-state index is 13.4. The molecule has 8 nitrogen and oxygen atoms in total. The molecule has 0 fully saturated rings. The standard InChI is InChI=1S/C33H27Cl2N3O5S/c1-2-29(32(41)37-24-14-15-27(35)26(19-24)33(42)43)44-25-13-7-12-23(18-25)36-31(40)28(17-20-8-6-11-22(34)16-20)38-30(39)21-9-4-3-5-10-21/h3-19,29H,2H2,1H3,(H,36,40)(H,37,41)(H,38,39)(H,42,43)/b28-17-. The molecule has 0 aliphatic rings. The molecule has 0 heterocycles. The van der Waals surface area contributed by atoms with Crippen LogP contribution in [0.3, 0.4) is 0 Å². The minimum atomic E-state index is -1.20. The molecule has 4 rings (SSSR count). The number of benzene rings is 4. The molecule has 0 aliphatic heterocycles. The summed E-state index contributed by atoms with van der Waals surface area (Å²) in [6.07, 6.45) is 2.01. The Hall–Kier alpha value is -4.57. The summed E-state index contributed by atoms with van der Waals surface area (Å²) in [5.74, 6) is -2.53. The summed E-state index contributed by atoms with van der Waals surface area (Å²) in [5.41, 5.74) is 1.66. The zero-order valence-electron chi connectivity index (χ0n) is 23.3. The topological polar surface area (TPSA) is 125 Å². The van der Waals surface area contributed by atoms with E-state index in [9.17, 15) is 24.3 Å². The van der Waals surface area contributed by atoms with Crippen LogP contribution in [-0.4, -0.2) is 34.0 Å². The molecule has 44 heavy (non-hydrogen) atoms. The van der Waals surface area contributed by atoms with Crippen molar-refractivity contribution in [2.24, 2.45) is 0 Å². The first kappa shape index (κ1) is 32.3. The highest BCUT2D eigenvalue weighted by Gasteiger charge is 2.20. The fourth-order valence-electron chi connectivity index (χ4n) is 4.03. The van der Waals surface area contributed by atoms with Crippen molar-refractivity contribution in [3.63, 3.8) is 0 Å². The predicted molar refractivity (Wildman–Crippen MR) is 175 cm³/mol. The Balaban J connectivity index is 1.50. The van der Waals surface area contributed by atoms with Gasteiger partial charge in [-0.3, -0.25) is 14.4 Å². The maximum Gasteiger partial charge on any atom is 0.337 e. The molecule has 1 atom stereocenters. The van der Waals surface area contributed by atoms with E-state index < -0.39 is 23.0 Å². The molecule has 0 bridgehead atoms. The van der Waals surface area contributed by atoms with Gasteiger partial charge in [0.1, 0.15) is 5.70 Å². The van der Waals surface area contributed by atoms with Gasteiger partial charge in [-0.25, -0.2) is 4.79 Å². The average molecular weight is 649 g/mol. The number of aromatic carboxylic acids is 1. The van der Waals surface area contributed by atoms with Gasteiger partial charge in [0.15, 0.2) is 0 Å². The molecule has 4 aromatic carbocycles. The zero-order chi connectivity index (χ0) is 31.6. The number of carboxylic acids is 1. The third-order valence-electron chi connectivity index (χ3n) is 6.19. The van der Waals surface area contributed by atoms with Crippen LogP contribution in [0.5, 0.6) is 0 Å². The van der Waals surface area contributed by atoms with Crippen molar-refractivity contribution in [3.05, 3.63) is 129 Å². The van der Waals surface area contributed by atoms with Gasteiger partial charge >= 0.3 is 5.97 Å². The van der Waals surface area contributed by atoms with E-state index in [1.165, 1.54) is 36.0 Å². The minimum absolute atomic E-state index is 0.00804. The van der Waals surface area contributed by atoms with Crippen molar-refractivity contribution in [2.45, 2.75) is 23.5 Å². The number of hydrogen-bond acceptors (Lipinski definition) is 5. The fourth-order valence-corrected chi connectivity index (χ4v) is 5.44. The first-order valence-corrected chi connectivity index (χ1v) is 15.0. The summed E-state index contributed by atoms with van der Waals surface area (Å²) in [4.78, 5) is 51.5. The Morgan fingerprint density at radius 3 is 2.27 bits per heavy atom. The molecule has 11 heteroatoms. The van der Waals surface area contributed by atoms with Gasteiger partial charge in [0, 0.05) is 26.9 Å². The van der Waals surface area contributed by atoms with Gasteiger partial charge in [-0.05, 0) is 78.7 Å². The lowest BCUT2D eigenvalue weighted by molar-refractivity contribution is -0.116. The fraction of sp³-hybridized carbons (Fsp3) is 0.0909. The van der Waals surface area contributed by atoms with Gasteiger partial charge in [0.25, 0.3) is 11.8 Å². The van der Waals surface area contributed by atoms with Crippen LogP contribution in [0.1, 0.15) is 39.6 Å². The maximum absolute atomic E-state index is 13.4. The summed E-state index contributed by atoms with van der Waals surface area (Å²) in [6, 6.07) is 26.6. The molecular weight excluding hydrogens is 621 g/mol. The van der Waals surface area contributed by atoms with Gasteiger partial charge in [-0.15, -0.1) is 11.8 Å². The number of amides is 3. The lowest BCUT2D eigenvalue weighted by atomic mass is 10.1. The number of carbonyl (C=O) groups excluding carboxylic acids is 3. The molecule has 1 unspecified atom stereocenters. The first-order chi connectivity index (χ1) is 21.1. The van der Waals surface area contributed by atoms with Crippen LogP contribution in [0.4, 0.5) is 11.4 Å². The SMILES string of the molecule is CCC(Sc1cccc(NC(=O)/C(=C/c2cccc(Cl)c2)NC(=O)c2ccccc2)c1)C(=O)Nc1ccc(Cl)c(C(=O)O)c1. The molecule has 4 aromatic rings.